The molecular weight excluding hydrogens is 252 g/mol. The van der Waals surface area contributed by atoms with Gasteiger partial charge in [-0.15, -0.1) is 0 Å². The Labute approximate surface area is 110 Å². The molecule has 1 saturated heterocycles. The van der Waals surface area contributed by atoms with Gasteiger partial charge in [-0.3, -0.25) is 10.7 Å². The van der Waals surface area contributed by atoms with E-state index >= 15 is 0 Å². The fourth-order valence-electron chi connectivity index (χ4n) is 2.39. The van der Waals surface area contributed by atoms with Gasteiger partial charge in [0.25, 0.3) is 0 Å². The van der Waals surface area contributed by atoms with E-state index in [0.29, 0.717) is 6.42 Å². The maximum absolute atomic E-state index is 11.9. The van der Waals surface area contributed by atoms with E-state index in [9.17, 15) is 9.70 Å². The van der Waals surface area contributed by atoms with E-state index in [1.54, 1.807) is 12.3 Å². The first-order valence-electron chi connectivity index (χ1n) is 5.98. The van der Waals surface area contributed by atoms with Crippen molar-refractivity contribution in [3.05, 3.63) is 17.2 Å². The molecule has 0 aromatic rings. The van der Waals surface area contributed by atoms with Crippen LogP contribution in [0.15, 0.2) is 17.5 Å². The second kappa shape index (κ2) is 5.21. The molecule has 2 aliphatic rings. The van der Waals surface area contributed by atoms with Crippen LogP contribution in [0.25, 0.3) is 0 Å². The first-order chi connectivity index (χ1) is 8.99. The molecule has 0 radical (unpaired) electrons. The summed E-state index contributed by atoms with van der Waals surface area (Å²) in [5, 5.41) is 5.42. The third kappa shape index (κ3) is 2.73. The topological polar surface area (TPSA) is 135 Å². The highest BCUT2D eigenvalue weighted by Crippen LogP contribution is 2.34. The van der Waals surface area contributed by atoms with Crippen molar-refractivity contribution in [2.24, 2.45) is 22.7 Å². The molecule has 6 N–H and O–H groups in total. The van der Waals surface area contributed by atoms with Crippen LogP contribution in [0, 0.1) is 10.8 Å². The number of nitrogens with two attached hydrogens (primary N) is 2. The summed E-state index contributed by atoms with van der Waals surface area (Å²) in [6.07, 6.45) is 2.79. The Kier molecular flexibility index (Phi) is 3.80. The molecule has 1 unspecified atom stereocenters. The van der Waals surface area contributed by atoms with Gasteiger partial charge in [-0.05, 0) is 12.5 Å². The van der Waals surface area contributed by atoms with Crippen LogP contribution in [0.5, 0.6) is 0 Å². The molecule has 2 heterocycles. The molecule has 4 atom stereocenters. The van der Waals surface area contributed by atoms with Crippen molar-refractivity contribution in [2.75, 3.05) is 6.54 Å². The molecule has 0 aliphatic carbocycles. The first-order valence-corrected chi connectivity index (χ1v) is 5.98. The molecule has 0 aromatic heterocycles. The van der Waals surface area contributed by atoms with Crippen LogP contribution in [-0.2, 0) is 4.74 Å². The van der Waals surface area contributed by atoms with Gasteiger partial charge in [0, 0.05) is 12.1 Å². The van der Waals surface area contributed by atoms with Gasteiger partial charge in [-0.1, -0.05) is 12.1 Å². The summed E-state index contributed by atoms with van der Waals surface area (Å²) < 4.78 is 5.63. The van der Waals surface area contributed by atoms with Gasteiger partial charge in [-0.2, -0.15) is 4.91 Å². The van der Waals surface area contributed by atoms with Crippen LogP contribution < -0.4 is 22.3 Å². The predicted octanol–water partition coefficient (Wildman–Crippen LogP) is -0.881. The van der Waals surface area contributed by atoms with Crippen molar-refractivity contribution in [3.63, 3.8) is 0 Å². The molecule has 106 valence electrons. The van der Waals surface area contributed by atoms with Gasteiger partial charge in [0.2, 0.25) is 0 Å². The highest BCUT2D eigenvalue weighted by molar-refractivity contribution is 5.77. The van der Waals surface area contributed by atoms with Gasteiger partial charge >= 0.3 is 6.03 Å². The summed E-state index contributed by atoms with van der Waals surface area (Å²) in [4.78, 5) is 23.7. The highest BCUT2D eigenvalue weighted by Gasteiger charge is 2.46. The quantitative estimate of drug-likeness (QED) is 0.297. The first kappa shape index (κ1) is 13.9. The number of nitrogens with one attached hydrogen (secondary N) is 2. The Morgan fingerprint density at radius 2 is 2.47 bits per heavy atom. The van der Waals surface area contributed by atoms with Crippen molar-refractivity contribution < 1.29 is 9.53 Å². The number of nitrogens with zero attached hydrogens (tertiary/aromatic N) is 2. The maximum atomic E-state index is 11.9. The number of ether oxygens (including phenoxy) is 1. The molecule has 0 aromatic carbocycles. The Hall–Kier alpha value is -1.55. The summed E-state index contributed by atoms with van der Waals surface area (Å²) >= 11 is 0. The number of rotatable bonds is 4. The molecule has 9 heteroatoms. The standard InChI is InChI=1S/C10H18N6O3/c1-6-4-10(11,5-13-18)19-8(6)16-3-2-7(15-12)14-9(16)17/h2-3,6-8,15H,4-5,11-12H2,1H3,(H,14,17)/t6-,7?,8+,10-/m0/s1. The number of carbonyl (C=O) groups is 1. The van der Waals surface area contributed by atoms with E-state index in [-0.39, 0.29) is 18.5 Å². The van der Waals surface area contributed by atoms with Crippen LogP contribution in [0.2, 0.25) is 0 Å². The van der Waals surface area contributed by atoms with E-state index in [0.717, 1.165) is 0 Å². The third-order valence-electron chi connectivity index (χ3n) is 3.25. The molecule has 1 fully saturated rings. The highest BCUT2D eigenvalue weighted by atomic mass is 16.5. The molecule has 0 saturated carbocycles. The molecule has 2 aliphatic heterocycles. The van der Waals surface area contributed by atoms with Crippen molar-refractivity contribution in [1.82, 2.24) is 15.6 Å². The lowest BCUT2D eigenvalue weighted by Crippen LogP contribution is -2.57. The van der Waals surface area contributed by atoms with Crippen LogP contribution in [0.1, 0.15) is 13.3 Å². The predicted molar refractivity (Wildman–Crippen MR) is 66.9 cm³/mol. The zero-order valence-corrected chi connectivity index (χ0v) is 10.6. The Morgan fingerprint density at radius 1 is 1.74 bits per heavy atom. The van der Waals surface area contributed by atoms with Crippen LogP contribution >= 0.6 is 0 Å². The lowest BCUT2D eigenvalue weighted by Gasteiger charge is -2.33. The molecule has 2 rings (SSSR count). The smallest absolute Gasteiger partial charge is 0.325 e. The summed E-state index contributed by atoms with van der Waals surface area (Å²) in [6, 6.07) is -0.342. The van der Waals surface area contributed by atoms with Crippen LogP contribution in [0.3, 0.4) is 0 Å². The minimum atomic E-state index is -1.11. The summed E-state index contributed by atoms with van der Waals surface area (Å²) in [5.74, 6) is 5.23. The molecule has 9 nitrogen and oxygen atoms in total. The molecule has 0 bridgehead atoms. The number of hydrogen-bond donors (Lipinski definition) is 4. The normalized spacial score (nSPS) is 38.4. The van der Waals surface area contributed by atoms with Crippen molar-refractivity contribution in [2.45, 2.75) is 31.5 Å². The van der Waals surface area contributed by atoms with Crippen LogP contribution in [0.4, 0.5) is 4.79 Å². The number of hydrogen-bond acceptors (Lipinski definition) is 7. The zero-order chi connectivity index (χ0) is 14.0. The molecule has 19 heavy (non-hydrogen) atoms. The Bertz CT molecular complexity index is 403. The van der Waals surface area contributed by atoms with E-state index in [1.165, 1.54) is 4.90 Å². The summed E-state index contributed by atoms with van der Waals surface area (Å²) in [5.41, 5.74) is 7.24. The lowest BCUT2D eigenvalue weighted by atomic mass is 10.0. The number of amides is 2. The van der Waals surface area contributed by atoms with Crippen molar-refractivity contribution >= 4 is 6.03 Å². The summed E-state index contributed by atoms with van der Waals surface area (Å²) in [6.45, 7) is 1.76. The molecule has 2 amide bonds. The number of carbonyl (C=O) groups excluding carboxylic acids is 1. The number of urea groups is 1. The second-order valence-corrected chi connectivity index (χ2v) is 4.88. The minimum Gasteiger partial charge on any atom is -0.335 e. The molecular formula is C10H18N6O3. The van der Waals surface area contributed by atoms with Gasteiger partial charge in [0.1, 0.15) is 24.7 Å². The Morgan fingerprint density at radius 3 is 3.05 bits per heavy atom. The van der Waals surface area contributed by atoms with E-state index in [4.69, 9.17) is 16.3 Å². The van der Waals surface area contributed by atoms with E-state index in [1.807, 2.05) is 6.92 Å². The average molecular weight is 270 g/mol. The summed E-state index contributed by atoms with van der Waals surface area (Å²) in [7, 11) is 0. The van der Waals surface area contributed by atoms with Gasteiger partial charge in [0.15, 0.2) is 0 Å². The third-order valence-corrected chi connectivity index (χ3v) is 3.25. The van der Waals surface area contributed by atoms with Crippen molar-refractivity contribution in [3.8, 4) is 0 Å². The lowest BCUT2D eigenvalue weighted by molar-refractivity contribution is -0.0802. The zero-order valence-electron chi connectivity index (χ0n) is 10.6. The van der Waals surface area contributed by atoms with Crippen LogP contribution in [-0.4, -0.2) is 35.6 Å². The second-order valence-electron chi connectivity index (χ2n) is 4.88. The van der Waals surface area contributed by atoms with Crippen molar-refractivity contribution in [1.29, 1.82) is 0 Å². The fourth-order valence-corrected chi connectivity index (χ4v) is 2.39. The average Bonchev–Trinajstić information content (AvgIpc) is 2.65. The number of nitroso groups, excluding NO2 is 1. The Balaban J connectivity index is 2.10. The van der Waals surface area contributed by atoms with E-state index in [2.05, 4.69) is 15.9 Å². The van der Waals surface area contributed by atoms with E-state index < -0.39 is 18.1 Å². The van der Waals surface area contributed by atoms with Gasteiger partial charge < -0.3 is 15.8 Å². The SMILES string of the molecule is C[C@H]1C[C@@](N)(CN=O)O[C@H]1N1C=CC(NN)NC1=O. The van der Waals surface area contributed by atoms with Gasteiger partial charge in [-0.25, -0.2) is 10.2 Å². The monoisotopic (exact) mass is 270 g/mol. The number of hydrazine groups is 1. The molecule has 0 spiro atoms. The minimum absolute atomic E-state index is 0.00969. The largest absolute Gasteiger partial charge is 0.335 e. The maximum Gasteiger partial charge on any atom is 0.325 e. The van der Waals surface area contributed by atoms with Gasteiger partial charge in [0.05, 0.1) is 0 Å². The fraction of sp³-hybridized carbons (Fsp3) is 0.700.